The summed E-state index contributed by atoms with van der Waals surface area (Å²) in [5.74, 6) is 0.766. The first kappa shape index (κ1) is 9.34. The van der Waals surface area contributed by atoms with Crippen LogP contribution in [0.3, 0.4) is 0 Å². The molecule has 0 atom stereocenters. The van der Waals surface area contributed by atoms with Crippen LogP contribution in [0.15, 0.2) is 18.2 Å². The van der Waals surface area contributed by atoms with Gasteiger partial charge < -0.3 is 10.5 Å². The van der Waals surface area contributed by atoms with E-state index in [1.807, 2.05) is 6.07 Å². The van der Waals surface area contributed by atoms with Crippen molar-refractivity contribution in [3.8, 4) is 5.75 Å². The molecular formula is C11H13NOS. The number of nitrogen functional groups attached to an aromatic ring is 1. The first-order valence-corrected chi connectivity index (χ1v) is 5.42. The molecule has 1 heterocycles. The van der Waals surface area contributed by atoms with Crippen LogP contribution < -0.4 is 10.5 Å². The zero-order valence-electron chi connectivity index (χ0n) is 8.33. The molecule has 0 saturated heterocycles. The Balaban J connectivity index is 2.68. The molecule has 2 rings (SSSR count). The van der Waals surface area contributed by atoms with Crippen LogP contribution >= 0.6 is 11.3 Å². The quantitative estimate of drug-likeness (QED) is 0.768. The van der Waals surface area contributed by atoms with E-state index in [-0.39, 0.29) is 0 Å². The van der Waals surface area contributed by atoms with Gasteiger partial charge in [-0.3, -0.25) is 0 Å². The maximum absolute atomic E-state index is 5.98. The van der Waals surface area contributed by atoms with Crippen molar-refractivity contribution in [1.82, 2.24) is 0 Å². The molecule has 0 amide bonds. The second kappa shape index (κ2) is 3.50. The van der Waals surface area contributed by atoms with Crippen LogP contribution in [0, 0.1) is 0 Å². The van der Waals surface area contributed by atoms with Crippen molar-refractivity contribution in [2.24, 2.45) is 0 Å². The zero-order chi connectivity index (χ0) is 10.1. The molecule has 74 valence electrons. The number of ether oxygens (including phenoxy) is 1. The summed E-state index contributed by atoms with van der Waals surface area (Å²) in [6, 6.07) is 6.17. The summed E-state index contributed by atoms with van der Waals surface area (Å²) in [6.07, 6.45) is 1.06. The summed E-state index contributed by atoms with van der Waals surface area (Å²) in [6.45, 7) is 2.15. The predicted molar refractivity (Wildman–Crippen MR) is 62.2 cm³/mol. The molecule has 0 saturated carbocycles. The van der Waals surface area contributed by atoms with Crippen LogP contribution in [-0.4, -0.2) is 7.11 Å². The van der Waals surface area contributed by atoms with Gasteiger partial charge in [0, 0.05) is 4.88 Å². The zero-order valence-corrected chi connectivity index (χ0v) is 9.15. The summed E-state index contributed by atoms with van der Waals surface area (Å²) >= 11 is 1.75. The molecular weight excluding hydrogens is 194 g/mol. The van der Waals surface area contributed by atoms with E-state index < -0.39 is 0 Å². The molecule has 14 heavy (non-hydrogen) atoms. The van der Waals surface area contributed by atoms with E-state index in [1.54, 1.807) is 18.4 Å². The van der Waals surface area contributed by atoms with E-state index in [9.17, 15) is 0 Å². The van der Waals surface area contributed by atoms with Crippen molar-refractivity contribution >= 4 is 27.1 Å². The minimum absolute atomic E-state index is 0.759. The molecule has 3 heteroatoms. The molecule has 0 aliphatic carbocycles. The third kappa shape index (κ3) is 1.34. The molecule has 0 aliphatic heterocycles. The minimum Gasteiger partial charge on any atom is -0.495 e. The summed E-state index contributed by atoms with van der Waals surface area (Å²) in [5.41, 5.74) is 6.74. The largest absolute Gasteiger partial charge is 0.495 e. The summed E-state index contributed by atoms with van der Waals surface area (Å²) in [5, 5.41) is 1.21. The predicted octanol–water partition coefficient (Wildman–Crippen LogP) is 3.05. The van der Waals surface area contributed by atoms with Gasteiger partial charge in [-0.2, -0.15) is 0 Å². The van der Waals surface area contributed by atoms with Crippen LogP contribution in [0.25, 0.3) is 10.1 Å². The Morgan fingerprint density at radius 2 is 2.21 bits per heavy atom. The van der Waals surface area contributed by atoms with E-state index in [4.69, 9.17) is 10.5 Å². The number of nitrogens with two attached hydrogens (primary N) is 1. The fourth-order valence-electron chi connectivity index (χ4n) is 1.51. The molecule has 0 bridgehead atoms. The SMILES string of the molecule is CCc1cc2ccc(OC)c(N)c2s1. The average Bonchev–Trinajstić information content (AvgIpc) is 2.62. The third-order valence-corrected chi connectivity index (χ3v) is 3.63. The number of methoxy groups -OCH3 is 1. The van der Waals surface area contributed by atoms with Gasteiger partial charge in [-0.15, -0.1) is 11.3 Å². The van der Waals surface area contributed by atoms with E-state index in [2.05, 4.69) is 19.1 Å². The Morgan fingerprint density at radius 1 is 1.43 bits per heavy atom. The lowest BCUT2D eigenvalue weighted by Crippen LogP contribution is -1.91. The number of rotatable bonds is 2. The highest BCUT2D eigenvalue weighted by Gasteiger charge is 2.07. The fraction of sp³-hybridized carbons (Fsp3) is 0.273. The van der Waals surface area contributed by atoms with Crippen molar-refractivity contribution in [2.75, 3.05) is 12.8 Å². The number of fused-ring (bicyclic) bond motifs is 1. The Kier molecular flexibility index (Phi) is 2.33. The number of hydrogen-bond donors (Lipinski definition) is 1. The molecule has 0 spiro atoms. The number of benzene rings is 1. The van der Waals surface area contributed by atoms with Crippen molar-refractivity contribution < 1.29 is 4.74 Å². The van der Waals surface area contributed by atoms with Crippen LogP contribution in [0.2, 0.25) is 0 Å². The third-order valence-electron chi connectivity index (χ3n) is 2.30. The van der Waals surface area contributed by atoms with Crippen LogP contribution in [0.1, 0.15) is 11.8 Å². The lowest BCUT2D eigenvalue weighted by Gasteiger charge is -2.03. The van der Waals surface area contributed by atoms with Gasteiger partial charge in [-0.05, 0) is 30.0 Å². The van der Waals surface area contributed by atoms with E-state index in [0.29, 0.717) is 0 Å². The summed E-state index contributed by atoms with van der Waals surface area (Å²) in [4.78, 5) is 1.36. The smallest absolute Gasteiger partial charge is 0.143 e. The van der Waals surface area contributed by atoms with Crippen LogP contribution in [0.4, 0.5) is 5.69 Å². The van der Waals surface area contributed by atoms with Gasteiger partial charge in [0.05, 0.1) is 17.5 Å². The Hall–Kier alpha value is -1.22. The number of hydrogen-bond acceptors (Lipinski definition) is 3. The maximum atomic E-state index is 5.98. The van der Waals surface area contributed by atoms with Crippen molar-refractivity contribution in [3.05, 3.63) is 23.1 Å². The molecule has 0 aliphatic rings. The first-order valence-electron chi connectivity index (χ1n) is 4.61. The van der Waals surface area contributed by atoms with Gasteiger partial charge in [0.1, 0.15) is 5.75 Å². The second-order valence-electron chi connectivity index (χ2n) is 3.17. The molecule has 1 aromatic carbocycles. The fourth-order valence-corrected chi connectivity index (χ4v) is 2.56. The van der Waals surface area contributed by atoms with Gasteiger partial charge in [-0.1, -0.05) is 6.92 Å². The Morgan fingerprint density at radius 3 is 2.86 bits per heavy atom. The highest BCUT2D eigenvalue weighted by molar-refractivity contribution is 7.19. The number of anilines is 1. The van der Waals surface area contributed by atoms with E-state index in [0.717, 1.165) is 22.6 Å². The van der Waals surface area contributed by atoms with Crippen molar-refractivity contribution in [2.45, 2.75) is 13.3 Å². The molecule has 0 unspecified atom stereocenters. The molecule has 2 nitrogen and oxygen atoms in total. The second-order valence-corrected chi connectivity index (χ2v) is 4.30. The van der Waals surface area contributed by atoms with Crippen LogP contribution in [0.5, 0.6) is 5.75 Å². The summed E-state index contributed by atoms with van der Waals surface area (Å²) in [7, 11) is 1.64. The molecule has 0 fully saturated rings. The topological polar surface area (TPSA) is 35.2 Å². The normalized spacial score (nSPS) is 10.7. The monoisotopic (exact) mass is 207 g/mol. The maximum Gasteiger partial charge on any atom is 0.143 e. The lowest BCUT2D eigenvalue weighted by molar-refractivity contribution is 0.417. The lowest BCUT2D eigenvalue weighted by atomic mass is 10.2. The van der Waals surface area contributed by atoms with E-state index >= 15 is 0 Å². The average molecular weight is 207 g/mol. The van der Waals surface area contributed by atoms with Gasteiger partial charge in [0.2, 0.25) is 0 Å². The number of thiophene rings is 1. The highest BCUT2D eigenvalue weighted by atomic mass is 32.1. The Bertz CT molecular complexity index is 462. The minimum atomic E-state index is 0.759. The molecule has 0 radical (unpaired) electrons. The molecule has 1 aromatic heterocycles. The molecule has 2 N–H and O–H groups in total. The van der Waals surface area contributed by atoms with Gasteiger partial charge in [-0.25, -0.2) is 0 Å². The van der Waals surface area contributed by atoms with Crippen molar-refractivity contribution in [3.63, 3.8) is 0 Å². The van der Waals surface area contributed by atoms with Gasteiger partial charge in [0.25, 0.3) is 0 Å². The first-order chi connectivity index (χ1) is 6.76. The van der Waals surface area contributed by atoms with E-state index in [1.165, 1.54) is 10.3 Å². The number of aryl methyl sites for hydroxylation is 1. The standard InChI is InChI=1S/C11H13NOS/c1-3-8-6-7-4-5-9(13-2)10(12)11(7)14-8/h4-6H,3,12H2,1-2H3. The Labute approximate surface area is 87.3 Å². The van der Waals surface area contributed by atoms with Crippen molar-refractivity contribution in [1.29, 1.82) is 0 Å². The highest BCUT2D eigenvalue weighted by Crippen LogP contribution is 2.36. The van der Waals surface area contributed by atoms with Gasteiger partial charge >= 0.3 is 0 Å². The summed E-state index contributed by atoms with van der Waals surface area (Å²) < 4.78 is 6.32. The van der Waals surface area contributed by atoms with Gasteiger partial charge in [0.15, 0.2) is 0 Å². The van der Waals surface area contributed by atoms with Crippen LogP contribution in [-0.2, 0) is 6.42 Å². The molecule has 2 aromatic rings.